The molecular formula is C24H19ClN2O3. The molecule has 0 fully saturated rings. The van der Waals surface area contributed by atoms with E-state index in [1.165, 1.54) is 4.57 Å². The van der Waals surface area contributed by atoms with Gasteiger partial charge in [0.05, 0.1) is 24.9 Å². The van der Waals surface area contributed by atoms with E-state index in [0.717, 1.165) is 11.3 Å². The molecule has 0 amide bonds. The first kappa shape index (κ1) is 19.7. The summed E-state index contributed by atoms with van der Waals surface area (Å²) in [6.07, 6.45) is 1.57. The average Bonchev–Trinajstić information content (AvgIpc) is 2.78. The number of hydrogen-bond acceptors (Lipinski definition) is 4. The molecule has 1 aromatic heterocycles. The number of aliphatic imine (C=N–C) groups is 1. The molecule has 0 radical (unpaired) electrons. The third kappa shape index (κ3) is 3.93. The molecule has 0 saturated carbocycles. The van der Waals surface area contributed by atoms with Crippen molar-refractivity contribution in [1.82, 2.24) is 4.57 Å². The number of halogens is 1. The molecule has 0 aliphatic carbocycles. The van der Waals surface area contributed by atoms with E-state index in [1.807, 2.05) is 30.3 Å². The lowest BCUT2D eigenvalue weighted by Crippen LogP contribution is -2.22. The fourth-order valence-electron chi connectivity index (χ4n) is 3.27. The quantitative estimate of drug-likeness (QED) is 0.455. The maximum Gasteiger partial charge on any atom is 0.261 e. The van der Waals surface area contributed by atoms with Crippen LogP contribution in [0.2, 0.25) is 5.02 Å². The zero-order valence-corrected chi connectivity index (χ0v) is 17.0. The van der Waals surface area contributed by atoms with Crippen LogP contribution < -0.4 is 10.3 Å². The molecule has 1 N–H and O–H groups in total. The third-order valence-corrected chi connectivity index (χ3v) is 5.11. The molecule has 0 spiro atoms. The molecule has 0 bridgehead atoms. The van der Waals surface area contributed by atoms with Crippen molar-refractivity contribution in [3.8, 4) is 11.6 Å². The first-order valence-electron chi connectivity index (χ1n) is 9.34. The van der Waals surface area contributed by atoms with Crippen LogP contribution >= 0.6 is 11.6 Å². The monoisotopic (exact) mass is 418 g/mol. The minimum atomic E-state index is -0.262. The highest BCUT2D eigenvalue weighted by atomic mass is 35.5. The van der Waals surface area contributed by atoms with Crippen molar-refractivity contribution in [2.75, 3.05) is 7.11 Å². The second-order valence-electron chi connectivity index (χ2n) is 6.76. The van der Waals surface area contributed by atoms with Gasteiger partial charge in [0, 0.05) is 22.0 Å². The summed E-state index contributed by atoms with van der Waals surface area (Å²) in [5.41, 5.74) is 1.77. The number of nitrogens with zero attached hydrogens (tertiary/aromatic N) is 2. The molecule has 3 aromatic carbocycles. The molecule has 6 heteroatoms. The minimum Gasteiger partial charge on any atom is -0.497 e. The number of methoxy groups -OCH3 is 1. The Labute approximate surface area is 178 Å². The van der Waals surface area contributed by atoms with E-state index in [1.54, 1.807) is 55.8 Å². The van der Waals surface area contributed by atoms with Gasteiger partial charge in [0.15, 0.2) is 0 Å². The van der Waals surface area contributed by atoms with Gasteiger partial charge < -0.3 is 9.84 Å². The van der Waals surface area contributed by atoms with Crippen LogP contribution in [0.4, 0.5) is 5.69 Å². The van der Waals surface area contributed by atoms with Crippen molar-refractivity contribution in [1.29, 1.82) is 0 Å². The van der Waals surface area contributed by atoms with E-state index in [4.69, 9.17) is 16.3 Å². The highest BCUT2D eigenvalue weighted by Gasteiger charge is 2.15. The fourth-order valence-corrected chi connectivity index (χ4v) is 3.39. The third-order valence-electron chi connectivity index (χ3n) is 4.86. The first-order valence-corrected chi connectivity index (χ1v) is 9.71. The maximum atomic E-state index is 13.1. The lowest BCUT2D eigenvalue weighted by molar-refractivity contribution is 0.412. The molecule has 5 nitrogen and oxygen atoms in total. The predicted molar refractivity (Wildman–Crippen MR) is 121 cm³/mol. The summed E-state index contributed by atoms with van der Waals surface area (Å²) in [5.74, 6) is 0.594. The van der Waals surface area contributed by atoms with Crippen LogP contribution in [-0.2, 0) is 6.54 Å². The molecule has 0 aliphatic rings. The Hall–Kier alpha value is -3.57. The van der Waals surface area contributed by atoms with Crippen LogP contribution in [0.1, 0.15) is 11.1 Å². The smallest absolute Gasteiger partial charge is 0.261 e. The van der Waals surface area contributed by atoms with Crippen molar-refractivity contribution >= 4 is 34.3 Å². The Morgan fingerprint density at radius 3 is 2.33 bits per heavy atom. The number of fused-ring (bicyclic) bond motifs is 1. The topological polar surface area (TPSA) is 63.8 Å². The van der Waals surface area contributed by atoms with Crippen LogP contribution in [-0.4, -0.2) is 23.0 Å². The van der Waals surface area contributed by atoms with Crippen molar-refractivity contribution in [3.63, 3.8) is 0 Å². The molecule has 150 valence electrons. The van der Waals surface area contributed by atoms with Gasteiger partial charge in [-0.2, -0.15) is 0 Å². The second kappa shape index (κ2) is 8.43. The number of aromatic nitrogens is 1. The van der Waals surface area contributed by atoms with Gasteiger partial charge in [-0.3, -0.25) is 14.4 Å². The Morgan fingerprint density at radius 1 is 1.00 bits per heavy atom. The summed E-state index contributed by atoms with van der Waals surface area (Å²) in [4.78, 5) is 17.5. The Morgan fingerprint density at radius 2 is 1.67 bits per heavy atom. The van der Waals surface area contributed by atoms with Crippen LogP contribution in [0.5, 0.6) is 11.6 Å². The number of aromatic hydroxyl groups is 1. The van der Waals surface area contributed by atoms with Crippen LogP contribution in [0, 0.1) is 0 Å². The van der Waals surface area contributed by atoms with Crippen molar-refractivity contribution in [3.05, 3.63) is 99.3 Å². The highest BCUT2D eigenvalue weighted by Crippen LogP contribution is 2.25. The molecule has 1 heterocycles. The standard InChI is InChI=1S/C24H19ClN2O3/c1-30-19-12-6-16(7-13-19)15-27-23(28)21-5-3-2-4-20(21)22(24(27)29)14-26-18-10-8-17(25)9-11-18/h2-14,29H,15H2,1H3. The van der Waals surface area contributed by atoms with Gasteiger partial charge in [0.25, 0.3) is 5.56 Å². The normalized spacial score (nSPS) is 11.3. The summed E-state index contributed by atoms with van der Waals surface area (Å²) in [6, 6.07) is 21.6. The summed E-state index contributed by atoms with van der Waals surface area (Å²) in [5, 5.41) is 12.8. The van der Waals surface area contributed by atoms with Gasteiger partial charge in [-0.05, 0) is 48.0 Å². The van der Waals surface area contributed by atoms with Gasteiger partial charge >= 0.3 is 0 Å². The second-order valence-corrected chi connectivity index (χ2v) is 7.19. The van der Waals surface area contributed by atoms with Gasteiger partial charge in [0.1, 0.15) is 5.75 Å². The Bertz CT molecular complexity index is 1280. The van der Waals surface area contributed by atoms with E-state index in [2.05, 4.69) is 4.99 Å². The van der Waals surface area contributed by atoms with Gasteiger partial charge in [-0.1, -0.05) is 41.9 Å². The summed E-state index contributed by atoms with van der Waals surface area (Å²) >= 11 is 5.93. The van der Waals surface area contributed by atoms with Crippen molar-refractivity contribution < 1.29 is 9.84 Å². The van der Waals surface area contributed by atoms with Crippen LogP contribution in [0.15, 0.2) is 82.6 Å². The van der Waals surface area contributed by atoms with Crippen molar-refractivity contribution in [2.24, 2.45) is 4.99 Å². The molecule has 0 saturated heterocycles. The molecule has 30 heavy (non-hydrogen) atoms. The lowest BCUT2D eigenvalue weighted by atomic mass is 10.1. The number of benzene rings is 3. The number of rotatable bonds is 5. The van der Waals surface area contributed by atoms with Gasteiger partial charge in [-0.15, -0.1) is 0 Å². The van der Waals surface area contributed by atoms with E-state index < -0.39 is 0 Å². The molecule has 4 aromatic rings. The number of ether oxygens (including phenoxy) is 1. The largest absolute Gasteiger partial charge is 0.497 e. The molecule has 0 aliphatic heterocycles. The summed E-state index contributed by atoms with van der Waals surface area (Å²) in [6.45, 7) is 0.223. The molecule has 0 atom stereocenters. The highest BCUT2D eigenvalue weighted by molar-refractivity contribution is 6.30. The zero-order valence-electron chi connectivity index (χ0n) is 16.2. The average molecular weight is 419 g/mol. The maximum absolute atomic E-state index is 13.1. The Kier molecular flexibility index (Phi) is 5.55. The zero-order chi connectivity index (χ0) is 21.1. The van der Waals surface area contributed by atoms with Crippen LogP contribution in [0.25, 0.3) is 10.8 Å². The number of pyridine rings is 1. The summed E-state index contributed by atoms with van der Waals surface area (Å²) < 4.78 is 6.54. The SMILES string of the molecule is COc1ccc(Cn2c(O)c(C=Nc3ccc(Cl)cc3)c3ccccc3c2=O)cc1. The van der Waals surface area contributed by atoms with E-state index in [-0.39, 0.29) is 18.0 Å². The van der Waals surface area contributed by atoms with Crippen molar-refractivity contribution in [2.45, 2.75) is 6.54 Å². The predicted octanol–water partition coefficient (Wildman–Crippen LogP) is 5.17. The first-order chi connectivity index (χ1) is 14.6. The number of hydrogen-bond donors (Lipinski definition) is 1. The fraction of sp³-hybridized carbons (Fsp3) is 0.0833. The van der Waals surface area contributed by atoms with Crippen LogP contribution in [0.3, 0.4) is 0 Å². The van der Waals surface area contributed by atoms with E-state index in [0.29, 0.717) is 27.0 Å². The summed E-state index contributed by atoms with van der Waals surface area (Å²) in [7, 11) is 1.60. The van der Waals surface area contributed by atoms with E-state index >= 15 is 0 Å². The molecular weight excluding hydrogens is 400 g/mol. The van der Waals surface area contributed by atoms with Gasteiger partial charge in [-0.25, -0.2) is 0 Å². The van der Waals surface area contributed by atoms with Gasteiger partial charge in [0.2, 0.25) is 5.88 Å². The lowest BCUT2D eigenvalue weighted by Gasteiger charge is -2.14. The Balaban J connectivity index is 1.82. The van der Waals surface area contributed by atoms with E-state index in [9.17, 15) is 9.90 Å². The molecule has 4 rings (SSSR count). The molecule has 0 unspecified atom stereocenters. The minimum absolute atomic E-state index is 0.132.